The molecule has 0 amide bonds. The first-order chi connectivity index (χ1) is 12.2. The first-order valence-corrected chi connectivity index (χ1v) is 11.3. The second-order valence-corrected chi connectivity index (χ2v) is 9.35. The number of carbonyl (C=O) groups excluding carboxylic acids is 1. The van der Waals surface area contributed by atoms with Gasteiger partial charge in [-0.2, -0.15) is 0 Å². The Labute approximate surface area is 155 Å². The van der Waals surface area contributed by atoms with Gasteiger partial charge in [-0.1, -0.05) is 51.9 Å². The van der Waals surface area contributed by atoms with Crippen LogP contribution in [0.15, 0.2) is 0 Å². The van der Waals surface area contributed by atoms with Gasteiger partial charge in [0.05, 0.1) is 0 Å². The van der Waals surface area contributed by atoms with Crippen molar-refractivity contribution in [1.29, 1.82) is 0 Å². The molecule has 6 unspecified atom stereocenters. The summed E-state index contributed by atoms with van der Waals surface area (Å²) in [6.07, 6.45) is 19.8. The minimum absolute atomic E-state index is 0.0865. The van der Waals surface area contributed by atoms with Crippen molar-refractivity contribution in [3.63, 3.8) is 0 Å². The van der Waals surface area contributed by atoms with Crippen molar-refractivity contribution in [2.24, 2.45) is 29.6 Å². The van der Waals surface area contributed by atoms with Crippen molar-refractivity contribution in [3.05, 3.63) is 0 Å². The van der Waals surface area contributed by atoms with Crippen molar-refractivity contribution < 1.29 is 9.53 Å². The Hall–Kier alpha value is -0.530. The van der Waals surface area contributed by atoms with E-state index in [0.29, 0.717) is 0 Å². The van der Waals surface area contributed by atoms with Crippen LogP contribution in [0.25, 0.3) is 0 Å². The van der Waals surface area contributed by atoms with E-state index in [1.165, 1.54) is 77.0 Å². The van der Waals surface area contributed by atoms with Crippen LogP contribution in [0.5, 0.6) is 0 Å². The molecular weight excluding hydrogens is 308 g/mol. The molecule has 0 radical (unpaired) electrons. The molecule has 3 aliphatic rings. The van der Waals surface area contributed by atoms with Crippen molar-refractivity contribution in [1.82, 2.24) is 0 Å². The van der Waals surface area contributed by atoms with Crippen LogP contribution >= 0.6 is 0 Å². The van der Waals surface area contributed by atoms with Crippen LogP contribution in [0.3, 0.4) is 0 Å². The molecule has 0 aromatic heterocycles. The molecule has 2 heteroatoms. The van der Waals surface area contributed by atoms with Crippen molar-refractivity contribution in [2.45, 2.75) is 110 Å². The Balaban J connectivity index is 1.43. The van der Waals surface area contributed by atoms with Gasteiger partial charge in [0.2, 0.25) is 0 Å². The third kappa shape index (κ3) is 5.23. The predicted octanol–water partition coefficient (Wildman–Crippen LogP) is 6.52. The number of rotatable bonds is 7. The third-order valence-electron chi connectivity index (χ3n) is 7.65. The van der Waals surface area contributed by atoms with E-state index in [9.17, 15) is 4.79 Å². The topological polar surface area (TPSA) is 26.3 Å². The molecule has 3 aliphatic carbocycles. The van der Waals surface area contributed by atoms with E-state index in [-0.39, 0.29) is 12.1 Å². The Morgan fingerprint density at radius 1 is 0.840 bits per heavy atom. The lowest BCUT2D eigenvalue weighted by atomic mass is 9.56. The Morgan fingerprint density at radius 3 is 2.24 bits per heavy atom. The molecule has 0 aromatic rings. The lowest BCUT2D eigenvalue weighted by Gasteiger charge is -2.50. The minimum atomic E-state index is -0.0865. The summed E-state index contributed by atoms with van der Waals surface area (Å²) < 4.78 is 5.53. The molecule has 0 saturated heterocycles. The zero-order valence-electron chi connectivity index (χ0n) is 16.7. The molecule has 3 rings (SSSR count). The third-order valence-corrected chi connectivity index (χ3v) is 7.65. The minimum Gasteiger partial charge on any atom is -0.463 e. The van der Waals surface area contributed by atoms with Crippen LogP contribution in [-0.4, -0.2) is 12.1 Å². The summed E-state index contributed by atoms with van der Waals surface area (Å²) in [6.45, 7) is 3.86. The highest BCUT2D eigenvalue weighted by molar-refractivity contribution is 5.66. The molecule has 144 valence electrons. The van der Waals surface area contributed by atoms with Gasteiger partial charge in [-0.15, -0.1) is 0 Å². The van der Waals surface area contributed by atoms with E-state index in [1.807, 2.05) is 0 Å². The largest absolute Gasteiger partial charge is 0.463 e. The van der Waals surface area contributed by atoms with E-state index in [0.717, 1.165) is 42.4 Å². The molecular formula is C23H40O2. The summed E-state index contributed by atoms with van der Waals surface area (Å²) in [5.41, 5.74) is 0. The van der Waals surface area contributed by atoms with Crippen LogP contribution in [0.4, 0.5) is 0 Å². The van der Waals surface area contributed by atoms with Gasteiger partial charge in [0.25, 0.3) is 0 Å². The van der Waals surface area contributed by atoms with Gasteiger partial charge in [-0.3, -0.25) is 4.79 Å². The van der Waals surface area contributed by atoms with E-state index >= 15 is 0 Å². The second kappa shape index (κ2) is 9.42. The van der Waals surface area contributed by atoms with Crippen molar-refractivity contribution >= 4 is 5.97 Å². The van der Waals surface area contributed by atoms with Gasteiger partial charge in [0, 0.05) is 6.92 Å². The maximum absolute atomic E-state index is 11.3. The maximum Gasteiger partial charge on any atom is 0.302 e. The number of hydrogen-bond acceptors (Lipinski definition) is 2. The molecule has 3 fully saturated rings. The van der Waals surface area contributed by atoms with E-state index in [4.69, 9.17) is 4.74 Å². The maximum atomic E-state index is 11.3. The number of ether oxygens (including phenoxy) is 1. The van der Waals surface area contributed by atoms with E-state index in [1.54, 1.807) is 6.92 Å². The summed E-state index contributed by atoms with van der Waals surface area (Å²) in [5.74, 6) is 4.73. The van der Waals surface area contributed by atoms with Crippen LogP contribution in [0, 0.1) is 29.6 Å². The fraction of sp³-hybridized carbons (Fsp3) is 0.957. The first kappa shape index (κ1) is 19.2. The molecule has 25 heavy (non-hydrogen) atoms. The molecule has 0 spiro atoms. The van der Waals surface area contributed by atoms with Crippen LogP contribution in [0.1, 0.15) is 104 Å². The highest BCUT2D eigenvalue weighted by atomic mass is 16.5. The Kier molecular flexibility index (Phi) is 7.25. The van der Waals surface area contributed by atoms with Gasteiger partial charge < -0.3 is 4.74 Å². The number of unbranched alkanes of at least 4 members (excludes halogenated alkanes) is 4. The highest BCUT2D eigenvalue weighted by Crippen LogP contribution is 2.53. The summed E-state index contributed by atoms with van der Waals surface area (Å²) in [7, 11) is 0. The van der Waals surface area contributed by atoms with Crippen molar-refractivity contribution in [2.75, 3.05) is 0 Å². The van der Waals surface area contributed by atoms with Crippen LogP contribution in [-0.2, 0) is 9.53 Å². The van der Waals surface area contributed by atoms with Gasteiger partial charge >= 0.3 is 5.97 Å². The molecule has 0 aromatic carbocycles. The van der Waals surface area contributed by atoms with Gasteiger partial charge in [0.15, 0.2) is 0 Å². The highest BCUT2D eigenvalue weighted by Gasteiger charge is 2.44. The van der Waals surface area contributed by atoms with E-state index in [2.05, 4.69) is 6.92 Å². The second-order valence-electron chi connectivity index (χ2n) is 9.35. The molecule has 2 nitrogen and oxygen atoms in total. The smallest absolute Gasteiger partial charge is 0.302 e. The van der Waals surface area contributed by atoms with Crippen molar-refractivity contribution in [3.8, 4) is 0 Å². The molecule has 0 aliphatic heterocycles. The molecule has 0 heterocycles. The molecule has 0 bridgehead atoms. The zero-order valence-corrected chi connectivity index (χ0v) is 16.7. The number of fused-ring (bicyclic) bond motifs is 3. The van der Waals surface area contributed by atoms with E-state index < -0.39 is 0 Å². The number of esters is 1. The monoisotopic (exact) mass is 348 g/mol. The molecule has 0 N–H and O–H groups in total. The fourth-order valence-corrected chi connectivity index (χ4v) is 6.49. The number of carbonyl (C=O) groups is 1. The standard InChI is InChI=1S/C23H40O2/c1-3-4-5-6-7-8-18-9-13-22-19(15-18)10-11-20-16-21(25-17(2)24)12-14-23(20)22/h18-23H,3-16H2,1-2H3. The normalized spacial score (nSPS) is 37.8. The summed E-state index contributed by atoms with van der Waals surface area (Å²) in [4.78, 5) is 11.3. The Morgan fingerprint density at radius 2 is 1.52 bits per heavy atom. The lowest BCUT2D eigenvalue weighted by molar-refractivity contribution is -0.151. The van der Waals surface area contributed by atoms with Crippen LogP contribution < -0.4 is 0 Å². The van der Waals surface area contributed by atoms with Gasteiger partial charge in [-0.25, -0.2) is 0 Å². The van der Waals surface area contributed by atoms with Gasteiger partial charge in [0.1, 0.15) is 6.10 Å². The quantitative estimate of drug-likeness (QED) is 0.386. The number of hydrogen-bond donors (Lipinski definition) is 0. The predicted molar refractivity (Wildman–Crippen MR) is 103 cm³/mol. The summed E-state index contributed by atoms with van der Waals surface area (Å²) >= 11 is 0. The fourth-order valence-electron chi connectivity index (χ4n) is 6.49. The van der Waals surface area contributed by atoms with Crippen LogP contribution in [0.2, 0.25) is 0 Å². The first-order valence-electron chi connectivity index (χ1n) is 11.3. The SMILES string of the molecule is CCCCCCCC1CCC2C(CCC3CC(OC(C)=O)CCC32)C1. The molecule has 6 atom stereocenters. The average molecular weight is 349 g/mol. The summed E-state index contributed by atoms with van der Waals surface area (Å²) in [6, 6.07) is 0. The zero-order chi connectivity index (χ0) is 17.6. The lowest BCUT2D eigenvalue weighted by Crippen LogP contribution is -2.43. The Bertz CT molecular complexity index is 418. The molecule has 3 saturated carbocycles. The van der Waals surface area contributed by atoms with Gasteiger partial charge in [-0.05, 0) is 74.5 Å². The summed E-state index contributed by atoms with van der Waals surface area (Å²) in [5, 5.41) is 0. The average Bonchev–Trinajstić information content (AvgIpc) is 2.60.